The summed E-state index contributed by atoms with van der Waals surface area (Å²) in [5.74, 6) is 0.931. The summed E-state index contributed by atoms with van der Waals surface area (Å²) in [5, 5.41) is 8.09. The first-order chi connectivity index (χ1) is 9.28. The van der Waals surface area contributed by atoms with Gasteiger partial charge in [0.05, 0.1) is 5.01 Å². The van der Waals surface area contributed by atoms with Crippen molar-refractivity contribution in [3.8, 4) is 0 Å². The minimum atomic E-state index is 0. The van der Waals surface area contributed by atoms with Gasteiger partial charge in [-0.05, 0) is 19.8 Å². The number of hydrogen-bond donors (Lipinski definition) is 2. The van der Waals surface area contributed by atoms with E-state index in [1.807, 2.05) is 13.2 Å². The Kier molecular flexibility index (Phi) is 8.44. The van der Waals surface area contributed by atoms with Crippen LogP contribution in [0, 0.1) is 6.92 Å². The van der Waals surface area contributed by atoms with Crippen molar-refractivity contribution in [3.05, 3.63) is 16.1 Å². The molecule has 1 aliphatic carbocycles. The zero-order valence-corrected chi connectivity index (χ0v) is 15.5. The molecule has 2 rings (SSSR count). The van der Waals surface area contributed by atoms with Gasteiger partial charge in [0.15, 0.2) is 5.96 Å². The molecular weight excluding hydrogens is 383 g/mol. The van der Waals surface area contributed by atoms with Crippen molar-refractivity contribution in [2.75, 3.05) is 13.6 Å². The molecule has 2 N–H and O–H groups in total. The van der Waals surface area contributed by atoms with E-state index in [1.165, 1.54) is 42.0 Å². The number of thiazole rings is 1. The van der Waals surface area contributed by atoms with Gasteiger partial charge in [0, 0.05) is 37.1 Å². The summed E-state index contributed by atoms with van der Waals surface area (Å²) in [6.07, 6.45) is 9.51. The lowest BCUT2D eigenvalue weighted by atomic mass is 9.96. The average Bonchev–Trinajstić information content (AvgIpc) is 2.84. The summed E-state index contributed by atoms with van der Waals surface area (Å²) in [7, 11) is 1.84. The molecular formula is C14H25IN4S. The first-order valence-corrected chi connectivity index (χ1v) is 7.98. The van der Waals surface area contributed by atoms with Crippen LogP contribution >= 0.6 is 35.3 Å². The molecule has 0 aromatic carbocycles. The Balaban J connectivity index is 0.00000200. The highest BCUT2D eigenvalue weighted by atomic mass is 127. The highest BCUT2D eigenvalue weighted by Crippen LogP contribution is 2.17. The fourth-order valence-corrected chi connectivity index (χ4v) is 3.23. The number of aryl methyl sites for hydroxylation is 1. The van der Waals surface area contributed by atoms with E-state index in [9.17, 15) is 0 Å². The third kappa shape index (κ3) is 5.95. The first-order valence-electron chi connectivity index (χ1n) is 7.16. The van der Waals surface area contributed by atoms with E-state index < -0.39 is 0 Å². The molecule has 1 heterocycles. The molecule has 0 unspecified atom stereocenters. The zero-order chi connectivity index (χ0) is 13.5. The maximum absolute atomic E-state index is 4.37. The van der Waals surface area contributed by atoms with Gasteiger partial charge >= 0.3 is 0 Å². The van der Waals surface area contributed by atoms with E-state index in [-0.39, 0.29) is 24.0 Å². The number of hydrogen-bond acceptors (Lipinski definition) is 3. The molecule has 0 atom stereocenters. The summed E-state index contributed by atoms with van der Waals surface area (Å²) < 4.78 is 0. The molecule has 1 saturated carbocycles. The molecule has 0 radical (unpaired) electrons. The molecule has 0 saturated heterocycles. The predicted octanol–water partition coefficient (Wildman–Crippen LogP) is 3.11. The third-order valence-corrected chi connectivity index (χ3v) is 4.44. The summed E-state index contributed by atoms with van der Waals surface area (Å²) >= 11 is 1.77. The van der Waals surface area contributed by atoms with Crippen LogP contribution < -0.4 is 10.6 Å². The zero-order valence-electron chi connectivity index (χ0n) is 12.3. The number of aliphatic imine (C=N–C) groups is 1. The number of rotatable bonds is 4. The quantitative estimate of drug-likeness (QED) is 0.457. The van der Waals surface area contributed by atoms with Crippen LogP contribution in [0.3, 0.4) is 0 Å². The van der Waals surface area contributed by atoms with Gasteiger partial charge in [-0.2, -0.15) is 0 Å². The molecule has 20 heavy (non-hydrogen) atoms. The molecule has 1 aliphatic rings. The maximum Gasteiger partial charge on any atom is 0.191 e. The van der Waals surface area contributed by atoms with E-state index >= 15 is 0 Å². The Morgan fingerprint density at radius 1 is 1.40 bits per heavy atom. The Hall–Kier alpha value is -0.370. The lowest BCUT2D eigenvalue weighted by Gasteiger charge is -2.24. The van der Waals surface area contributed by atoms with Gasteiger partial charge < -0.3 is 10.6 Å². The molecule has 4 nitrogen and oxygen atoms in total. The Labute approximate surface area is 142 Å². The highest BCUT2D eigenvalue weighted by molar-refractivity contribution is 14.0. The van der Waals surface area contributed by atoms with Crippen LogP contribution in [0.5, 0.6) is 0 Å². The van der Waals surface area contributed by atoms with Gasteiger partial charge in [-0.1, -0.05) is 19.3 Å². The summed E-state index contributed by atoms with van der Waals surface area (Å²) in [6.45, 7) is 2.98. The number of guanidine groups is 1. The second kappa shape index (κ2) is 9.55. The topological polar surface area (TPSA) is 49.3 Å². The van der Waals surface area contributed by atoms with E-state index in [0.29, 0.717) is 6.04 Å². The molecule has 1 aromatic rings. The van der Waals surface area contributed by atoms with Crippen LogP contribution in [0.1, 0.15) is 42.0 Å². The fraction of sp³-hybridized carbons (Fsp3) is 0.714. The Bertz CT molecular complexity index is 413. The summed E-state index contributed by atoms with van der Waals surface area (Å²) in [6, 6.07) is 0.599. The maximum atomic E-state index is 4.37. The van der Waals surface area contributed by atoms with Gasteiger partial charge in [0.2, 0.25) is 0 Å². The van der Waals surface area contributed by atoms with Crippen molar-refractivity contribution in [3.63, 3.8) is 0 Å². The standard InChI is InChI=1S/C14H24N4S.HI/c1-11-10-17-13(19-11)8-9-16-14(15-2)18-12-6-4-3-5-7-12;/h10,12H,3-9H2,1-2H3,(H2,15,16,18);1H. The van der Waals surface area contributed by atoms with Crippen molar-refractivity contribution in [1.82, 2.24) is 15.6 Å². The minimum Gasteiger partial charge on any atom is -0.356 e. The van der Waals surface area contributed by atoms with E-state index in [4.69, 9.17) is 0 Å². The predicted molar refractivity (Wildman–Crippen MR) is 97.3 cm³/mol. The Morgan fingerprint density at radius 3 is 2.75 bits per heavy atom. The van der Waals surface area contributed by atoms with Crippen LogP contribution in [0.2, 0.25) is 0 Å². The SMILES string of the molecule is CN=C(NCCc1ncc(C)s1)NC1CCCCC1.I. The smallest absolute Gasteiger partial charge is 0.191 e. The Morgan fingerprint density at radius 2 is 2.15 bits per heavy atom. The van der Waals surface area contributed by atoms with Crippen LogP contribution in [0.25, 0.3) is 0 Å². The first kappa shape index (κ1) is 17.7. The molecule has 1 aromatic heterocycles. The largest absolute Gasteiger partial charge is 0.356 e. The van der Waals surface area contributed by atoms with Gasteiger partial charge in [0.1, 0.15) is 0 Å². The van der Waals surface area contributed by atoms with Crippen LogP contribution in [-0.2, 0) is 6.42 Å². The third-order valence-electron chi connectivity index (χ3n) is 3.47. The lowest BCUT2D eigenvalue weighted by Crippen LogP contribution is -2.44. The van der Waals surface area contributed by atoms with Gasteiger partial charge in [-0.15, -0.1) is 35.3 Å². The second-order valence-electron chi connectivity index (χ2n) is 5.09. The summed E-state index contributed by atoms with van der Waals surface area (Å²) in [5.41, 5.74) is 0. The molecule has 6 heteroatoms. The van der Waals surface area contributed by atoms with E-state index in [0.717, 1.165) is 18.9 Å². The molecule has 0 amide bonds. The van der Waals surface area contributed by atoms with Crippen molar-refractivity contribution in [2.24, 2.45) is 4.99 Å². The molecule has 0 bridgehead atoms. The summed E-state index contributed by atoms with van der Waals surface area (Å²) in [4.78, 5) is 9.95. The lowest BCUT2D eigenvalue weighted by molar-refractivity contribution is 0.410. The molecule has 1 fully saturated rings. The van der Waals surface area contributed by atoms with E-state index in [1.54, 1.807) is 11.3 Å². The van der Waals surface area contributed by atoms with Crippen LogP contribution in [-0.4, -0.2) is 30.6 Å². The second-order valence-corrected chi connectivity index (χ2v) is 6.41. The molecule has 0 aliphatic heterocycles. The van der Waals surface area contributed by atoms with Gasteiger partial charge in [0.25, 0.3) is 0 Å². The van der Waals surface area contributed by atoms with Crippen molar-refractivity contribution >= 4 is 41.3 Å². The van der Waals surface area contributed by atoms with Gasteiger partial charge in [-0.3, -0.25) is 4.99 Å². The fourth-order valence-electron chi connectivity index (χ4n) is 2.44. The number of halogens is 1. The van der Waals surface area contributed by atoms with Crippen LogP contribution in [0.15, 0.2) is 11.2 Å². The number of nitrogens with zero attached hydrogens (tertiary/aromatic N) is 2. The van der Waals surface area contributed by atoms with Crippen molar-refractivity contribution in [1.29, 1.82) is 0 Å². The van der Waals surface area contributed by atoms with Crippen molar-refractivity contribution < 1.29 is 0 Å². The monoisotopic (exact) mass is 408 g/mol. The number of nitrogens with one attached hydrogen (secondary N) is 2. The van der Waals surface area contributed by atoms with Crippen LogP contribution in [0.4, 0.5) is 0 Å². The minimum absolute atomic E-state index is 0. The highest BCUT2D eigenvalue weighted by Gasteiger charge is 2.14. The molecule has 114 valence electrons. The number of aromatic nitrogens is 1. The van der Waals surface area contributed by atoms with E-state index in [2.05, 4.69) is 27.5 Å². The average molecular weight is 408 g/mol. The van der Waals surface area contributed by atoms with Gasteiger partial charge in [-0.25, -0.2) is 4.98 Å². The normalized spacial score (nSPS) is 16.6. The molecule has 0 spiro atoms. The van der Waals surface area contributed by atoms with Crippen molar-refractivity contribution in [2.45, 2.75) is 51.5 Å².